The zero-order valence-corrected chi connectivity index (χ0v) is 15.6. The van der Waals surface area contributed by atoms with Crippen molar-refractivity contribution in [3.05, 3.63) is 54.0 Å². The molecular formula is C21H26N2O4. The zero-order chi connectivity index (χ0) is 19.1. The predicted molar refractivity (Wildman–Crippen MR) is 102 cm³/mol. The number of hydrogen-bond donors (Lipinski definition) is 1. The lowest BCUT2D eigenvalue weighted by Crippen LogP contribution is -2.46. The topological polar surface area (TPSA) is 71.8 Å². The fraction of sp³-hybridized carbons (Fsp3) is 0.429. The summed E-state index contributed by atoms with van der Waals surface area (Å²) in [4.78, 5) is 26.5. The van der Waals surface area contributed by atoms with Crippen molar-refractivity contribution >= 4 is 11.8 Å². The lowest BCUT2D eigenvalue weighted by atomic mass is 10.0. The maximum absolute atomic E-state index is 12.4. The van der Waals surface area contributed by atoms with Crippen LogP contribution in [0.4, 0.5) is 0 Å². The fourth-order valence-corrected chi connectivity index (χ4v) is 3.10. The molecule has 0 unspecified atom stereocenters. The second kappa shape index (κ2) is 9.26. The number of furan rings is 1. The van der Waals surface area contributed by atoms with E-state index in [1.54, 1.807) is 23.1 Å². The smallest absolute Gasteiger partial charge is 0.257 e. The number of carbonyl (C=O) groups excluding carboxylic acids is 2. The first kappa shape index (κ1) is 19.0. The van der Waals surface area contributed by atoms with Gasteiger partial charge in [-0.15, -0.1) is 0 Å². The molecule has 0 spiro atoms. The highest BCUT2D eigenvalue weighted by Gasteiger charge is 2.25. The van der Waals surface area contributed by atoms with Gasteiger partial charge in [-0.1, -0.05) is 13.3 Å². The van der Waals surface area contributed by atoms with E-state index in [1.165, 1.54) is 12.5 Å². The monoisotopic (exact) mass is 370 g/mol. The van der Waals surface area contributed by atoms with Crippen LogP contribution in [0.1, 0.15) is 53.3 Å². The molecule has 1 aliphatic rings. The molecule has 6 nitrogen and oxygen atoms in total. The molecule has 0 radical (unpaired) electrons. The Morgan fingerprint density at radius 3 is 2.52 bits per heavy atom. The normalized spacial score (nSPS) is 14.8. The van der Waals surface area contributed by atoms with Crippen molar-refractivity contribution in [3.8, 4) is 5.75 Å². The van der Waals surface area contributed by atoms with Crippen LogP contribution < -0.4 is 10.1 Å². The highest BCUT2D eigenvalue weighted by molar-refractivity contribution is 5.95. The summed E-state index contributed by atoms with van der Waals surface area (Å²) in [6.07, 6.45) is 6.56. The summed E-state index contributed by atoms with van der Waals surface area (Å²) in [6, 6.07) is 8.98. The first-order valence-electron chi connectivity index (χ1n) is 9.52. The van der Waals surface area contributed by atoms with E-state index in [1.807, 2.05) is 12.1 Å². The highest BCUT2D eigenvalue weighted by Crippen LogP contribution is 2.16. The summed E-state index contributed by atoms with van der Waals surface area (Å²) in [5.41, 5.74) is 1.19. The van der Waals surface area contributed by atoms with Crippen LogP contribution in [0.25, 0.3) is 0 Å². The summed E-state index contributed by atoms with van der Waals surface area (Å²) in [7, 11) is 0. The van der Waals surface area contributed by atoms with Gasteiger partial charge in [0.1, 0.15) is 12.0 Å². The number of amides is 2. The van der Waals surface area contributed by atoms with Gasteiger partial charge in [-0.3, -0.25) is 9.59 Å². The third-order valence-electron chi connectivity index (χ3n) is 4.77. The predicted octanol–water partition coefficient (Wildman–Crippen LogP) is 3.49. The molecule has 144 valence electrons. The molecule has 1 aromatic carbocycles. The molecule has 1 aromatic heterocycles. The molecule has 0 aliphatic carbocycles. The van der Waals surface area contributed by atoms with Crippen LogP contribution in [-0.2, 0) is 0 Å². The van der Waals surface area contributed by atoms with Crippen LogP contribution >= 0.6 is 0 Å². The molecule has 1 fully saturated rings. The molecule has 2 heterocycles. The van der Waals surface area contributed by atoms with E-state index in [0.717, 1.165) is 31.4 Å². The van der Waals surface area contributed by atoms with Gasteiger partial charge in [0.2, 0.25) is 0 Å². The minimum absolute atomic E-state index is 0.0211. The number of rotatable bonds is 7. The summed E-state index contributed by atoms with van der Waals surface area (Å²) in [5, 5.41) is 3.06. The molecule has 1 N–H and O–H groups in total. The summed E-state index contributed by atoms with van der Waals surface area (Å²) in [5.74, 6) is 0.674. The minimum atomic E-state index is -0.0882. The Morgan fingerprint density at radius 1 is 1.15 bits per heavy atom. The maximum Gasteiger partial charge on any atom is 0.257 e. The Kier molecular flexibility index (Phi) is 6.52. The molecular weight excluding hydrogens is 344 g/mol. The summed E-state index contributed by atoms with van der Waals surface area (Å²) < 4.78 is 10.6. The molecule has 1 saturated heterocycles. The van der Waals surface area contributed by atoms with Gasteiger partial charge in [-0.2, -0.15) is 0 Å². The number of unbranched alkanes of at least 4 members (excludes halogenated alkanes) is 1. The summed E-state index contributed by atoms with van der Waals surface area (Å²) >= 11 is 0. The van der Waals surface area contributed by atoms with Crippen molar-refractivity contribution in [2.24, 2.45) is 0 Å². The van der Waals surface area contributed by atoms with Gasteiger partial charge in [0.05, 0.1) is 18.4 Å². The third kappa shape index (κ3) is 5.12. The van der Waals surface area contributed by atoms with E-state index in [-0.39, 0.29) is 17.9 Å². The van der Waals surface area contributed by atoms with Gasteiger partial charge in [0.25, 0.3) is 11.8 Å². The van der Waals surface area contributed by atoms with Gasteiger partial charge < -0.3 is 19.4 Å². The van der Waals surface area contributed by atoms with Crippen LogP contribution in [0.5, 0.6) is 5.75 Å². The Morgan fingerprint density at radius 2 is 1.89 bits per heavy atom. The van der Waals surface area contributed by atoms with Crippen molar-refractivity contribution in [1.82, 2.24) is 10.2 Å². The second-order valence-corrected chi connectivity index (χ2v) is 6.78. The van der Waals surface area contributed by atoms with Crippen LogP contribution in [0, 0.1) is 0 Å². The Labute approximate surface area is 159 Å². The number of benzene rings is 1. The third-order valence-corrected chi connectivity index (χ3v) is 4.77. The van der Waals surface area contributed by atoms with E-state index in [0.29, 0.717) is 30.8 Å². The molecule has 6 heteroatoms. The van der Waals surface area contributed by atoms with Gasteiger partial charge in [-0.25, -0.2) is 0 Å². The van der Waals surface area contributed by atoms with Gasteiger partial charge >= 0.3 is 0 Å². The number of piperidine rings is 1. The number of nitrogens with zero attached hydrogens (tertiary/aromatic N) is 1. The number of carbonyl (C=O) groups is 2. The van der Waals surface area contributed by atoms with Crippen molar-refractivity contribution < 1.29 is 18.7 Å². The minimum Gasteiger partial charge on any atom is -0.494 e. The van der Waals surface area contributed by atoms with Crippen LogP contribution in [-0.4, -0.2) is 42.5 Å². The molecule has 2 amide bonds. The fourth-order valence-electron chi connectivity index (χ4n) is 3.10. The van der Waals surface area contributed by atoms with Crippen LogP contribution in [0.15, 0.2) is 47.3 Å². The van der Waals surface area contributed by atoms with Crippen molar-refractivity contribution in [2.45, 2.75) is 38.6 Å². The van der Waals surface area contributed by atoms with E-state index in [9.17, 15) is 9.59 Å². The number of ether oxygens (including phenoxy) is 1. The van der Waals surface area contributed by atoms with Gasteiger partial charge in [-0.05, 0) is 49.6 Å². The average molecular weight is 370 g/mol. The Bertz CT molecular complexity index is 732. The zero-order valence-electron chi connectivity index (χ0n) is 15.6. The lowest BCUT2D eigenvalue weighted by molar-refractivity contribution is 0.0697. The number of likely N-dealkylation sites (tertiary alicyclic amines) is 1. The molecule has 0 saturated carbocycles. The maximum atomic E-state index is 12.4. The van der Waals surface area contributed by atoms with Gasteiger partial charge in [0.15, 0.2) is 0 Å². The van der Waals surface area contributed by atoms with E-state index >= 15 is 0 Å². The molecule has 3 rings (SSSR count). The SMILES string of the molecule is CCCCOc1ccc(C(=O)NC2CCN(C(=O)c3ccoc3)CC2)cc1. The second-order valence-electron chi connectivity index (χ2n) is 6.78. The van der Waals surface area contributed by atoms with Crippen LogP contribution in [0.2, 0.25) is 0 Å². The number of nitrogens with one attached hydrogen (secondary N) is 1. The van der Waals surface area contributed by atoms with E-state index in [4.69, 9.17) is 9.15 Å². The molecule has 27 heavy (non-hydrogen) atoms. The quantitative estimate of drug-likeness (QED) is 0.757. The van der Waals surface area contributed by atoms with Gasteiger partial charge in [0, 0.05) is 24.7 Å². The molecule has 2 aromatic rings. The molecule has 1 aliphatic heterocycles. The summed E-state index contributed by atoms with van der Waals surface area (Å²) in [6.45, 7) is 4.06. The van der Waals surface area contributed by atoms with Crippen LogP contribution in [0.3, 0.4) is 0 Å². The first-order valence-corrected chi connectivity index (χ1v) is 9.52. The Hall–Kier alpha value is -2.76. The van der Waals surface area contributed by atoms with Crippen molar-refractivity contribution in [2.75, 3.05) is 19.7 Å². The highest BCUT2D eigenvalue weighted by atomic mass is 16.5. The largest absolute Gasteiger partial charge is 0.494 e. The molecule has 0 bridgehead atoms. The van der Waals surface area contributed by atoms with Crippen molar-refractivity contribution in [3.63, 3.8) is 0 Å². The van der Waals surface area contributed by atoms with Crippen molar-refractivity contribution in [1.29, 1.82) is 0 Å². The number of hydrogen-bond acceptors (Lipinski definition) is 4. The average Bonchev–Trinajstić information content (AvgIpc) is 3.23. The van der Waals surface area contributed by atoms with E-state index < -0.39 is 0 Å². The molecule has 0 atom stereocenters. The van der Waals surface area contributed by atoms with E-state index in [2.05, 4.69) is 12.2 Å². The first-order chi connectivity index (χ1) is 13.2. The lowest BCUT2D eigenvalue weighted by Gasteiger charge is -2.32. The Balaban J connectivity index is 1.46. The standard InChI is InChI=1S/C21H26N2O4/c1-2-3-13-27-19-6-4-16(5-7-19)20(24)22-18-8-11-23(12-9-18)21(25)17-10-14-26-15-17/h4-7,10,14-15,18H,2-3,8-9,11-13H2,1H3,(H,22,24).